The summed E-state index contributed by atoms with van der Waals surface area (Å²) >= 11 is 1.65. The Balaban J connectivity index is 1.54. The van der Waals surface area contributed by atoms with E-state index in [1.807, 2.05) is 11.6 Å². The third-order valence-corrected chi connectivity index (χ3v) is 4.55. The highest BCUT2D eigenvalue weighted by Gasteiger charge is 2.13. The highest BCUT2D eigenvalue weighted by Crippen LogP contribution is 2.13. The number of aliphatic hydroxyl groups excluding tert-OH is 1. The molecule has 2 aromatic heterocycles. The van der Waals surface area contributed by atoms with Crippen LogP contribution >= 0.6 is 11.3 Å². The van der Waals surface area contributed by atoms with Crippen molar-refractivity contribution in [1.29, 1.82) is 0 Å². The SMILES string of the molecule is OCCN(CCN1CCOCC1)Cc1cn2ccsc2n1. The van der Waals surface area contributed by atoms with Crippen molar-refractivity contribution in [1.82, 2.24) is 19.2 Å². The molecule has 0 atom stereocenters. The lowest BCUT2D eigenvalue weighted by molar-refractivity contribution is 0.0319. The number of ether oxygens (including phenoxy) is 1. The zero-order valence-corrected chi connectivity index (χ0v) is 13.0. The molecule has 1 saturated heterocycles. The van der Waals surface area contributed by atoms with Gasteiger partial charge in [-0.25, -0.2) is 4.98 Å². The molecule has 0 bridgehead atoms. The topological polar surface area (TPSA) is 53.2 Å². The van der Waals surface area contributed by atoms with Crippen LogP contribution in [0, 0.1) is 0 Å². The number of morpholine rings is 1. The molecule has 3 heterocycles. The molecule has 0 unspecified atom stereocenters. The molecule has 0 aliphatic carbocycles. The molecule has 1 fully saturated rings. The van der Waals surface area contributed by atoms with Crippen LogP contribution in [0.3, 0.4) is 0 Å². The van der Waals surface area contributed by atoms with Gasteiger partial charge in [0.1, 0.15) is 0 Å². The fourth-order valence-electron chi connectivity index (χ4n) is 2.60. The van der Waals surface area contributed by atoms with E-state index in [9.17, 15) is 5.11 Å². The second kappa shape index (κ2) is 7.33. The highest BCUT2D eigenvalue weighted by molar-refractivity contribution is 7.15. The molecule has 1 aliphatic rings. The van der Waals surface area contributed by atoms with E-state index < -0.39 is 0 Å². The van der Waals surface area contributed by atoms with Crippen LogP contribution in [0.1, 0.15) is 5.69 Å². The fraction of sp³-hybridized carbons (Fsp3) is 0.643. The average Bonchev–Trinajstić information content (AvgIpc) is 3.07. The maximum Gasteiger partial charge on any atom is 0.193 e. The largest absolute Gasteiger partial charge is 0.395 e. The molecule has 0 amide bonds. The number of hydrogen-bond acceptors (Lipinski definition) is 6. The summed E-state index contributed by atoms with van der Waals surface area (Å²) in [4.78, 5) is 10.3. The van der Waals surface area contributed by atoms with Gasteiger partial charge in [-0.05, 0) is 0 Å². The van der Waals surface area contributed by atoms with Gasteiger partial charge >= 0.3 is 0 Å². The van der Waals surface area contributed by atoms with Gasteiger partial charge in [0.25, 0.3) is 0 Å². The summed E-state index contributed by atoms with van der Waals surface area (Å²) in [6.45, 7) is 7.31. The predicted octanol–water partition coefficient (Wildman–Crippen LogP) is 0.522. The summed E-state index contributed by atoms with van der Waals surface area (Å²) in [5.74, 6) is 0. The number of aliphatic hydroxyl groups is 1. The lowest BCUT2D eigenvalue weighted by Gasteiger charge is -2.29. The molecule has 3 rings (SSSR count). The molecule has 0 aromatic carbocycles. The molecule has 0 radical (unpaired) electrons. The lowest BCUT2D eigenvalue weighted by atomic mass is 10.3. The smallest absolute Gasteiger partial charge is 0.193 e. The molecule has 0 saturated carbocycles. The van der Waals surface area contributed by atoms with Crippen LogP contribution in [0.25, 0.3) is 4.96 Å². The summed E-state index contributed by atoms with van der Waals surface area (Å²) < 4.78 is 7.42. The molecular formula is C14H22N4O2S. The normalized spacial score (nSPS) is 17.0. The molecule has 7 heteroatoms. The third kappa shape index (κ3) is 4.02. The van der Waals surface area contributed by atoms with Crippen molar-refractivity contribution in [2.24, 2.45) is 0 Å². The van der Waals surface area contributed by atoms with E-state index in [4.69, 9.17) is 4.74 Å². The first-order chi connectivity index (χ1) is 10.3. The van der Waals surface area contributed by atoms with E-state index in [1.165, 1.54) is 0 Å². The molecule has 6 nitrogen and oxygen atoms in total. The quantitative estimate of drug-likeness (QED) is 0.808. The Labute approximate surface area is 128 Å². The van der Waals surface area contributed by atoms with E-state index in [0.29, 0.717) is 6.54 Å². The molecule has 1 N–H and O–H groups in total. The Bertz CT molecular complexity index is 521. The Morgan fingerprint density at radius 1 is 1.33 bits per heavy atom. The third-order valence-electron chi connectivity index (χ3n) is 3.78. The van der Waals surface area contributed by atoms with Crippen molar-refractivity contribution < 1.29 is 9.84 Å². The minimum absolute atomic E-state index is 0.186. The number of fused-ring (bicyclic) bond motifs is 1. The van der Waals surface area contributed by atoms with Gasteiger partial charge in [-0.2, -0.15) is 0 Å². The molecule has 0 spiro atoms. The lowest BCUT2D eigenvalue weighted by Crippen LogP contribution is -2.41. The first-order valence-corrected chi connectivity index (χ1v) is 8.27. The number of thiazole rings is 1. The average molecular weight is 310 g/mol. The van der Waals surface area contributed by atoms with Crippen LogP contribution in [-0.4, -0.2) is 76.8 Å². The minimum atomic E-state index is 0.186. The van der Waals surface area contributed by atoms with E-state index in [-0.39, 0.29) is 6.61 Å². The van der Waals surface area contributed by atoms with Crippen LogP contribution in [-0.2, 0) is 11.3 Å². The molecule has 21 heavy (non-hydrogen) atoms. The Morgan fingerprint density at radius 3 is 2.95 bits per heavy atom. The second-order valence-electron chi connectivity index (χ2n) is 5.28. The number of nitrogens with zero attached hydrogens (tertiary/aromatic N) is 4. The van der Waals surface area contributed by atoms with Crippen molar-refractivity contribution in [3.05, 3.63) is 23.5 Å². The fourth-order valence-corrected chi connectivity index (χ4v) is 3.32. The van der Waals surface area contributed by atoms with Gasteiger partial charge < -0.3 is 9.84 Å². The first kappa shape index (κ1) is 14.9. The predicted molar refractivity (Wildman–Crippen MR) is 82.7 cm³/mol. The summed E-state index contributed by atoms with van der Waals surface area (Å²) in [6.07, 6.45) is 4.10. The molecule has 2 aromatic rings. The zero-order chi connectivity index (χ0) is 14.5. The Hall–Kier alpha value is -0.990. The summed E-state index contributed by atoms with van der Waals surface area (Å²) in [5.41, 5.74) is 1.07. The van der Waals surface area contributed by atoms with Crippen molar-refractivity contribution in [3.8, 4) is 0 Å². The molecular weight excluding hydrogens is 288 g/mol. The monoisotopic (exact) mass is 310 g/mol. The standard InChI is InChI=1S/C14H22N4O2S/c19-7-3-17(2-1-16-4-8-20-9-5-16)11-13-12-18-6-10-21-14(18)15-13/h6,10,12,19H,1-5,7-9,11H2. The molecule has 116 valence electrons. The van der Waals surface area contributed by atoms with Crippen molar-refractivity contribution in [2.45, 2.75) is 6.54 Å². The number of hydrogen-bond donors (Lipinski definition) is 1. The van der Waals surface area contributed by atoms with Crippen LogP contribution < -0.4 is 0 Å². The zero-order valence-electron chi connectivity index (χ0n) is 12.1. The Kier molecular flexibility index (Phi) is 5.21. The van der Waals surface area contributed by atoms with Crippen LogP contribution in [0.5, 0.6) is 0 Å². The van der Waals surface area contributed by atoms with Crippen molar-refractivity contribution in [2.75, 3.05) is 52.5 Å². The van der Waals surface area contributed by atoms with Gasteiger partial charge in [0, 0.05) is 57.0 Å². The van der Waals surface area contributed by atoms with Gasteiger partial charge in [-0.15, -0.1) is 11.3 Å². The van der Waals surface area contributed by atoms with Crippen LogP contribution in [0.2, 0.25) is 0 Å². The highest BCUT2D eigenvalue weighted by atomic mass is 32.1. The van der Waals surface area contributed by atoms with Gasteiger partial charge in [0.15, 0.2) is 4.96 Å². The number of aromatic nitrogens is 2. The second-order valence-corrected chi connectivity index (χ2v) is 6.15. The number of imidazole rings is 1. The van der Waals surface area contributed by atoms with Gasteiger partial charge in [-0.3, -0.25) is 14.2 Å². The summed E-state index contributed by atoms with van der Waals surface area (Å²) in [7, 11) is 0. The molecule has 1 aliphatic heterocycles. The summed E-state index contributed by atoms with van der Waals surface area (Å²) in [6, 6.07) is 0. The maximum absolute atomic E-state index is 9.25. The van der Waals surface area contributed by atoms with Gasteiger partial charge in [0.05, 0.1) is 25.5 Å². The first-order valence-electron chi connectivity index (χ1n) is 7.39. The van der Waals surface area contributed by atoms with Crippen LogP contribution in [0.15, 0.2) is 17.8 Å². The van der Waals surface area contributed by atoms with E-state index in [1.54, 1.807) is 11.3 Å². The van der Waals surface area contributed by atoms with Crippen LogP contribution in [0.4, 0.5) is 0 Å². The van der Waals surface area contributed by atoms with E-state index >= 15 is 0 Å². The van der Waals surface area contributed by atoms with E-state index in [0.717, 1.165) is 56.6 Å². The van der Waals surface area contributed by atoms with E-state index in [2.05, 4.69) is 25.4 Å². The van der Waals surface area contributed by atoms with Crippen molar-refractivity contribution in [3.63, 3.8) is 0 Å². The minimum Gasteiger partial charge on any atom is -0.395 e. The Morgan fingerprint density at radius 2 is 2.19 bits per heavy atom. The van der Waals surface area contributed by atoms with Gasteiger partial charge in [-0.1, -0.05) is 0 Å². The van der Waals surface area contributed by atoms with Gasteiger partial charge in [0.2, 0.25) is 0 Å². The van der Waals surface area contributed by atoms with Crippen molar-refractivity contribution >= 4 is 16.3 Å². The maximum atomic E-state index is 9.25. The number of rotatable bonds is 7. The summed E-state index contributed by atoms with van der Waals surface area (Å²) in [5, 5.41) is 11.3.